The molecule has 1 aromatic rings. The quantitative estimate of drug-likeness (QED) is 0.492. The maximum atomic E-state index is 5.20. The molecule has 0 saturated carbocycles. The Morgan fingerprint density at radius 1 is 1.15 bits per heavy atom. The molecule has 0 spiro atoms. The fourth-order valence-electron chi connectivity index (χ4n) is 0.968. The number of ether oxygens (including phenoxy) is 1. The fourth-order valence-corrected chi connectivity index (χ4v) is 0.968. The van der Waals surface area contributed by atoms with Crippen molar-refractivity contribution < 1.29 is 4.74 Å². The molecule has 0 atom stereocenters. The molecular weight excluding hydrogens is 160 g/mol. The zero-order valence-corrected chi connectivity index (χ0v) is 7.65. The molecule has 1 nitrogen and oxygen atoms in total. The Morgan fingerprint density at radius 2 is 1.92 bits per heavy atom. The van der Waals surface area contributed by atoms with Gasteiger partial charge in [0.15, 0.2) is 0 Å². The van der Waals surface area contributed by atoms with Crippen LogP contribution < -0.4 is 0 Å². The summed E-state index contributed by atoms with van der Waals surface area (Å²) in [6.45, 7) is 4.82. The van der Waals surface area contributed by atoms with Crippen molar-refractivity contribution in [2.75, 3.05) is 13.2 Å². The van der Waals surface area contributed by atoms with Crippen LogP contribution in [0.4, 0.5) is 0 Å². The molecule has 13 heavy (non-hydrogen) atoms. The Hall–Kier alpha value is -1.34. The maximum Gasteiger partial charge on any atom is 0.0654 e. The van der Waals surface area contributed by atoms with E-state index >= 15 is 0 Å². The second-order valence-corrected chi connectivity index (χ2v) is 2.64. The van der Waals surface area contributed by atoms with Crippen molar-refractivity contribution in [1.82, 2.24) is 0 Å². The number of hydrogen-bond donors (Lipinski definition) is 0. The monoisotopic (exact) mass is 174 g/mol. The minimum Gasteiger partial charge on any atom is -0.373 e. The number of hydrogen-bond acceptors (Lipinski definition) is 1. The SMILES string of the molecule is C=CCOCC=Cc1ccccc1. The van der Waals surface area contributed by atoms with Gasteiger partial charge in [-0.05, 0) is 5.56 Å². The Balaban J connectivity index is 2.28. The molecule has 0 fully saturated rings. The van der Waals surface area contributed by atoms with E-state index in [-0.39, 0.29) is 0 Å². The van der Waals surface area contributed by atoms with E-state index in [0.717, 1.165) is 0 Å². The Labute approximate surface area is 79.4 Å². The lowest BCUT2D eigenvalue weighted by atomic mass is 10.2. The van der Waals surface area contributed by atoms with Crippen molar-refractivity contribution >= 4 is 6.08 Å². The summed E-state index contributed by atoms with van der Waals surface area (Å²) >= 11 is 0. The topological polar surface area (TPSA) is 9.23 Å². The van der Waals surface area contributed by atoms with Gasteiger partial charge in [-0.1, -0.05) is 48.6 Å². The highest BCUT2D eigenvalue weighted by Crippen LogP contribution is 2.00. The standard InChI is InChI=1S/C12H14O/c1-2-10-13-11-6-9-12-7-4-3-5-8-12/h2-9H,1,10-11H2. The summed E-state index contributed by atoms with van der Waals surface area (Å²) in [7, 11) is 0. The van der Waals surface area contributed by atoms with E-state index in [0.29, 0.717) is 13.2 Å². The van der Waals surface area contributed by atoms with Crippen molar-refractivity contribution in [2.24, 2.45) is 0 Å². The number of benzene rings is 1. The molecule has 1 aromatic carbocycles. The molecule has 0 aliphatic carbocycles. The first-order valence-electron chi connectivity index (χ1n) is 4.33. The average Bonchev–Trinajstić information content (AvgIpc) is 2.19. The molecule has 0 radical (unpaired) electrons. The zero-order chi connectivity index (χ0) is 9.36. The zero-order valence-electron chi connectivity index (χ0n) is 7.65. The van der Waals surface area contributed by atoms with Crippen molar-refractivity contribution in [2.45, 2.75) is 0 Å². The van der Waals surface area contributed by atoms with Crippen LogP contribution in [-0.2, 0) is 4.74 Å². The Kier molecular flexibility index (Phi) is 4.65. The molecule has 0 unspecified atom stereocenters. The molecule has 0 saturated heterocycles. The van der Waals surface area contributed by atoms with Gasteiger partial charge in [0.1, 0.15) is 0 Å². The molecule has 68 valence electrons. The second-order valence-electron chi connectivity index (χ2n) is 2.64. The van der Waals surface area contributed by atoms with E-state index in [4.69, 9.17) is 4.74 Å². The molecule has 1 rings (SSSR count). The summed E-state index contributed by atoms with van der Waals surface area (Å²) in [5.41, 5.74) is 1.20. The van der Waals surface area contributed by atoms with Gasteiger partial charge in [0.2, 0.25) is 0 Å². The van der Waals surface area contributed by atoms with Gasteiger partial charge in [-0.25, -0.2) is 0 Å². The molecule has 0 aromatic heterocycles. The van der Waals surface area contributed by atoms with Crippen molar-refractivity contribution in [3.63, 3.8) is 0 Å². The summed E-state index contributed by atoms with van der Waals surface area (Å²) in [4.78, 5) is 0. The van der Waals surface area contributed by atoms with Crippen LogP contribution in [-0.4, -0.2) is 13.2 Å². The highest BCUT2D eigenvalue weighted by atomic mass is 16.5. The van der Waals surface area contributed by atoms with Gasteiger partial charge in [-0.3, -0.25) is 0 Å². The summed E-state index contributed by atoms with van der Waals surface area (Å²) in [5.74, 6) is 0. The molecule has 0 aliphatic heterocycles. The lowest BCUT2D eigenvalue weighted by molar-refractivity contribution is 0.194. The average molecular weight is 174 g/mol. The number of rotatable bonds is 5. The predicted molar refractivity (Wildman–Crippen MR) is 56.5 cm³/mol. The lowest BCUT2D eigenvalue weighted by Gasteiger charge is -1.94. The van der Waals surface area contributed by atoms with Gasteiger partial charge in [-0.2, -0.15) is 0 Å². The van der Waals surface area contributed by atoms with Crippen LogP contribution >= 0.6 is 0 Å². The molecule has 0 N–H and O–H groups in total. The van der Waals surface area contributed by atoms with Crippen LogP contribution in [0.5, 0.6) is 0 Å². The van der Waals surface area contributed by atoms with E-state index in [1.165, 1.54) is 5.56 Å². The smallest absolute Gasteiger partial charge is 0.0654 e. The third-order valence-corrected chi connectivity index (χ3v) is 1.56. The Bertz CT molecular complexity index is 262. The predicted octanol–water partition coefficient (Wildman–Crippen LogP) is 2.90. The van der Waals surface area contributed by atoms with Gasteiger partial charge in [-0.15, -0.1) is 6.58 Å². The lowest BCUT2D eigenvalue weighted by Crippen LogP contribution is -1.88. The minimum absolute atomic E-state index is 0.610. The molecule has 1 heteroatoms. The molecule has 0 amide bonds. The summed E-state index contributed by atoms with van der Waals surface area (Å²) in [5, 5.41) is 0. The van der Waals surface area contributed by atoms with Gasteiger partial charge >= 0.3 is 0 Å². The summed E-state index contributed by atoms with van der Waals surface area (Å²) in [6.07, 6.45) is 5.79. The first-order valence-corrected chi connectivity index (χ1v) is 4.33. The van der Waals surface area contributed by atoms with Crippen LogP contribution in [0.3, 0.4) is 0 Å². The first-order chi connectivity index (χ1) is 6.43. The first kappa shape index (κ1) is 9.75. The third kappa shape index (κ3) is 4.28. The molecule has 0 heterocycles. The maximum absolute atomic E-state index is 5.20. The van der Waals surface area contributed by atoms with E-state index in [1.54, 1.807) is 6.08 Å². The van der Waals surface area contributed by atoms with E-state index < -0.39 is 0 Å². The van der Waals surface area contributed by atoms with Gasteiger partial charge < -0.3 is 4.74 Å². The fraction of sp³-hybridized carbons (Fsp3) is 0.167. The minimum atomic E-state index is 0.610. The summed E-state index contributed by atoms with van der Waals surface area (Å²) < 4.78 is 5.20. The van der Waals surface area contributed by atoms with E-state index in [9.17, 15) is 0 Å². The van der Waals surface area contributed by atoms with Crippen LogP contribution in [0.15, 0.2) is 49.1 Å². The van der Waals surface area contributed by atoms with Gasteiger partial charge in [0.05, 0.1) is 13.2 Å². The highest BCUT2D eigenvalue weighted by molar-refractivity contribution is 5.48. The normalized spacial score (nSPS) is 10.5. The van der Waals surface area contributed by atoms with Crippen LogP contribution in [0.1, 0.15) is 5.56 Å². The van der Waals surface area contributed by atoms with Crippen molar-refractivity contribution in [3.8, 4) is 0 Å². The molecule has 0 aliphatic rings. The highest BCUT2D eigenvalue weighted by Gasteiger charge is 1.81. The molecule has 0 bridgehead atoms. The van der Waals surface area contributed by atoms with E-state index in [1.807, 2.05) is 30.4 Å². The van der Waals surface area contributed by atoms with Crippen LogP contribution in [0, 0.1) is 0 Å². The van der Waals surface area contributed by atoms with Gasteiger partial charge in [0.25, 0.3) is 0 Å². The molecular formula is C12H14O. The summed E-state index contributed by atoms with van der Waals surface area (Å²) in [6, 6.07) is 10.2. The van der Waals surface area contributed by atoms with Crippen LogP contribution in [0.2, 0.25) is 0 Å². The largest absolute Gasteiger partial charge is 0.373 e. The Morgan fingerprint density at radius 3 is 2.62 bits per heavy atom. The van der Waals surface area contributed by atoms with E-state index in [2.05, 4.69) is 18.7 Å². The van der Waals surface area contributed by atoms with Crippen molar-refractivity contribution in [1.29, 1.82) is 0 Å². The van der Waals surface area contributed by atoms with Gasteiger partial charge in [0, 0.05) is 0 Å². The second kappa shape index (κ2) is 6.21. The third-order valence-electron chi connectivity index (χ3n) is 1.56. The van der Waals surface area contributed by atoms with Crippen molar-refractivity contribution in [3.05, 3.63) is 54.6 Å². The van der Waals surface area contributed by atoms with Crippen LogP contribution in [0.25, 0.3) is 6.08 Å².